The van der Waals surface area contributed by atoms with Gasteiger partial charge in [0.15, 0.2) is 0 Å². The number of para-hydroxylation sites is 1. The number of nitrogens with zero attached hydrogens (tertiary/aromatic N) is 2. The number of amides is 1. The minimum atomic E-state index is -0.889. The maximum absolute atomic E-state index is 14.5. The summed E-state index contributed by atoms with van der Waals surface area (Å²) in [4.78, 5) is 31.1. The molecule has 1 aromatic carbocycles. The van der Waals surface area contributed by atoms with Gasteiger partial charge in [-0.1, -0.05) is 30.3 Å². The lowest BCUT2D eigenvalue weighted by Gasteiger charge is -2.39. The van der Waals surface area contributed by atoms with Gasteiger partial charge in [-0.05, 0) is 80.7 Å². The molecule has 0 spiro atoms. The zero-order valence-electron chi connectivity index (χ0n) is 20.4. The monoisotopic (exact) mass is 487 g/mol. The lowest BCUT2D eigenvalue weighted by Crippen LogP contribution is -2.43. The first-order valence-electron chi connectivity index (χ1n) is 12.7. The van der Waals surface area contributed by atoms with Crippen LogP contribution in [0, 0.1) is 23.2 Å². The number of benzene rings is 1. The normalized spacial score (nSPS) is 32.7. The fraction of sp³-hybridized carbons (Fsp3) is 0.414. The smallest absolute Gasteiger partial charge is 0.323 e. The van der Waals surface area contributed by atoms with Crippen molar-refractivity contribution < 1.29 is 19.1 Å². The third-order valence-corrected chi connectivity index (χ3v) is 8.91. The highest BCUT2D eigenvalue weighted by molar-refractivity contribution is 5.95. The van der Waals surface area contributed by atoms with E-state index < -0.39 is 11.4 Å². The molecule has 2 aromatic rings. The number of carboxylic acids is 1. The van der Waals surface area contributed by atoms with E-state index in [2.05, 4.69) is 10.3 Å². The maximum atomic E-state index is 14.5. The molecule has 2 fully saturated rings. The second-order valence-electron chi connectivity index (χ2n) is 10.9. The predicted octanol–water partition coefficient (Wildman–Crippen LogP) is 4.85. The highest BCUT2D eigenvalue weighted by Gasteiger charge is 2.56. The number of aromatic nitrogens is 1. The van der Waals surface area contributed by atoms with Crippen molar-refractivity contribution in [1.29, 1.82) is 0 Å². The molecule has 6 atom stereocenters. The summed E-state index contributed by atoms with van der Waals surface area (Å²) in [5.74, 6) is -0.337. The SMILES string of the molecule is CC1=C(C2CC3CC2CC3NC(=O)c2ccc3ccccc3n2)C2(C)C=C(F)C=CC2N1CC(=O)O. The van der Waals surface area contributed by atoms with E-state index in [1.54, 1.807) is 12.1 Å². The molecule has 6 nitrogen and oxygen atoms in total. The Kier molecular flexibility index (Phi) is 5.28. The number of pyridine rings is 1. The molecule has 4 aliphatic rings. The molecule has 2 N–H and O–H groups in total. The van der Waals surface area contributed by atoms with Crippen molar-refractivity contribution in [2.45, 2.75) is 45.2 Å². The summed E-state index contributed by atoms with van der Waals surface area (Å²) in [6.45, 7) is 3.92. The Morgan fingerprint density at radius 1 is 1.17 bits per heavy atom. The van der Waals surface area contributed by atoms with E-state index >= 15 is 0 Å². The van der Waals surface area contributed by atoms with Crippen LogP contribution in [-0.2, 0) is 4.79 Å². The first-order valence-corrected chi connectivity index (χ1v) is 12.7. The van der Waals surface area contributed by atoms with Crippen LogP contribution in [0.3, 0.4) is 0 Å². The van der Waals surface area contributed by atoms with Crippen LogP contribution in [0.2, 0.25) is 0 Å². The molecular weight excluding hydrogens is 457 g/mol. The van der Waals surface area contributed by atoms with Gasteiger partial charge in [-0.15, -0.1) is 0 Å². The maximum Gasteiger partial charge on any atom is 0.323 e. The summed E-state index contributed by atoms with van der Waals surface area (Å²) in [6, 6.07) is 11.3. The Bertz CT molecular complexity index is 1360. The number of fused-ring (bicyclic) bond motifs is 4. The third-order valence-electron chi connectivity index (χ3n) is 8.91. The molecule has 3 aliphatic carbocycles. The minimum Gasteiger partial charge on any atom is -0.480 e. The Hall–Kier alpha value is -3.48. The topological polar surface area (TPSA) is 82.5 Å². The number of carbonyl (C=O) groups is 2. The molecule has 2 bridgehead atoms. The number of rotatable bonds is 5. The van der Waals surface area contributed by atoms with Crippen molar-refractivity contribution in [3.8, 4) is 0 Å². The predicted molar refractivity (Wildman–Crippen MR) is 135 cm³/mol. The number of aliphatic carboxylic acids is 1. The lowest BCUT2D eigenvalue weighted by atomic mass is 9.66. The molecule has 6 unspecified atom stereocenters. The van der Waals surface area contributed by atoms with E-state index in [4.69, 9.17) is 0 Å². The van der Waals surface area contributed by atoms with Gasteiger partial charge in [-0.3, -0.25) is 9.59 Å². The van der Waals surface area contributed by atoms with Crippen LogP contribution < -0.4 is 5.32 Å². The lowest BCUT2D eigenvalue weighted by molar-refractivity contribution is -0.138. The van der Waals surface area contributed by atoms with Gasteiger partial charge in [0.05, 0.1) is 11.6 Å². The zero-order valence-corrected chi connectivity index (χ0v) is 20.4. The fourth-order valence-electron chi connectivity index (χ4n) is 7.49. The third kappa shape index (κ3) is 3.55. The van der Waals surface area contributed by atoms with Crippen LogP contribution in [0.5, 0.6) is 0 Å². The highest BCUT2D eigenvalue weighted by atomic mass is 19.1. The molecule has 2 heterocycles. The van der Waals surface area contributed by atoms with Crippen molar-refractivity contribution in [3.05, 3.63) is 77.4 Å². The van der Waals surface area contributed by atoms with Crippen molar-refractivity contribution in [2.24, 2.45) is 23.2 Å². The molecule has 7 heteroatoms. The summed E-state index contributed by atoms with van der Waals surface area (Å²) in [5.41, 5.74) is 2.79. The molecule has 0 saturated heterocycles. The molecule has 36 heavy (non-hydrogen) atoms. The second kappa shape index (κ2) is 8.29. The number of halogens is 1. The minimum absolute atomic E-state index is 0.0894. The molecule has 1 amide bonds. The van der Waals surface area contributed by atoms with Crippen LogP contribution in [-0.4, -0.2) is 45.5 Å². The number of nitrogens with one attached hydrogen (secondary N) is 1. The van der Waals surface area contributed by atoms with Crippen LogP contribution in [0.25, 0.3) is 10.9 Å². The van der Waals surface area contributed by atoms with Gasteiger partial charge in [0.2, 0.25) is 0 Å². The zero-order chi connectivity index (χ0) is 25.2. The Morgan fingerprint density at radius 3 is 2.72 bits per heavy atom. The van der Waals surface area contributed by atoms with Crippen LogP contribution in [0.15, 0.2) is 71.7 Å². The fourth-order valence-corrected chi connectivity index (χ4v) is 7.49. The first kappa shape index (κ1) is 23.0. The van der Waals surface area contributed by atoms with E-state index in [0.717, 1.165) is 35.9 Å². The van der Waals surface area contributed by atoms with Crippen molar-refractivity contribution >= 4 is 22.8 Å². The average molecular weight is 488 g/mol. The van der Waals surface area contributed by atoms with Gasteiger partial charge < -0.3 is 15.3 Å². The number of carbonyl (C=O) groups excluding carboxylic acids is 1. The Morgan fingerprint density at radius 2 is 1.97 bits per heavy atom. The standard InChI is InChI=1S/C29H30FN3O3/c1-16-27(29(2)14-20(30)8-10-25(29)33(16)15-26(34)35)21-12-19-11-18(21)13-24(19)32-28(36)23-9-7-17-5-3-4-6-22(17)31-23/h3-10,14,18-19,21,24-25H,11-13,15H2,1-2H3,(H,32,36)(H,34,35). The highest BCUT2D eigenvalue weighted by Crippen LogP contribution is 2.60. The summed E-state index contributed by atoms with van der Waals surface area (Å²) < 4.78 is 14.5. The van der Waals surface area contributed by atoms with Gasteiger partial charge in [0.1, 0.15) is 18.1 Å². The van der Waals surface area contributed by atoms with Gasteiger partial charge >= 0.3 is 5.97 Å². The van der Waals surface area contributed by atoms with Crippen molar-refractivity contribution in [3.63, 3.8) is 0 Å². The summed E-state index contributed by atoms with van der Waals surface area (Å²) in [6.07, 6.45) is 7.73. The van der Waals surface area contributed by atoms with Crippen LogP contribution in [0.4, 0.5) is 4.39 Å². The van der Waals surface area contributed by atoms with Crippen molar-refractivity contribution in [1.82, 2.24) is 15.2 Å². The van der Waals surface area contributed by atoms with Gasteiger partial charge in [0.25, 0.3) is 5.91 Å². The Labute approximate surface area is 209 Å². The molecule has 0 radical (unpaired) electrons. The average Bonchev–Trinajstić information content (AvgIpc) is 3.48. The van der Waals surface area contributed by atoms with Crippen molar-refractivity contribution in [2.75, 3.05) is 6.54 Å². The quantitative estimate of drug-likeness (QED) is 0.630. The second-order valence-corrected chi connectivity index (χ2v) is 10.9. The number of allylic oxidation sites excluding steroid dienone is 3. The molecule has 1 aromatic heterocycles. The summed E-state index contributed by atoms with van der Waals surface area (Å²) >= 11 is 0. The van der Waals surface area contributed by atoms with Gasteiger partial charge in [-0.2, -0.15) is 0 Å². The molecule has 2 saturated carbocycles. The number of hydrogen-bond acceptors (Lipinski definition) is 4. The molecule has 186 valence electrons. The molecule has 1 aliphatic heterocycles. The van der Waals surface area contributed by atoms with Gasteiger partial charge in [0, 0.05) is 22.5 Å². The number of carboxylic acid groups (broad SMARTS) is 1. The van der Waals surface area contributed by atoms with E-state index in [1.165, 1.54) is 11.6 Å². The van der Waals surface area contributed by atoms with E-state index in [-0.39, 0.29) is 36.3 Å². The summed E-state index contributed by atoms with van der Waals surface area (Å²) in [7, 11) is 0. The van der Waals surface area contributed by atoms with Gasteiger partial charge in [-0.25, -0.2) is 9.37 Å². The van der Waals surface area contributed by atoms with E-state index in [0.29, 0.717) is 17.5 Å². The van der Waals surface area contributed by atoms with Crippen LogP contribution >= 0.6 is 0 Å². The van der Waals surface area contributed by atoms with E-state index in [9.17, 15) is 19.1 Å². The molecular formula is C29H30FN3O3. The van der Waals surface area contributed by atoms with Crippen LogP contribution in [0.1, 0.15) is 43.6 Å². The van der Waals surface area contributed by atoms with E-state index in [1.807, 2.05) is 55.2 Å². The first-order chi connectivity index (χ1) is 17.2. The largest absolute Gasteiger partial charge is 0.480 e. The summed E-state index contributed by atoms with van der Waals surface area (Å²) in [5, 5.41) is 13.8. The molecule has 6 rings (SSSR count). The number of hydrogen-bond donors (Lipinski definition) is 2. The Balaban J connectivity index is 1.21.